The summed E-state index contributed by atoms with van der Waals surface area (Å²) in [7, 11) is 0. The molecular formula is C18H26N2O3. The van der Waals surface area contributed by atoms with Crippen molar-refractivity contribution in [2.45, 2.75) is 39.3 Å². The first kappa shape index (κ1) is 17.5. The molecule has 1 aromatic rings. The third-order valence-electron chi connectivity index (χ3n) is 4.66. The van der Waals surface area contributed by atoms with E-state index in [1.54, 1.807) is 4.90 Å². The van der Waals surface area contributed by atoms with E-state index in [1.807, 2.05) is 44.2 Å². The minimum atomic E-state index is -0.329. The Morgan fingerprint density at radius 1 is 1.39 bits per heavy atom. The van der Waals surface area contributed by atoms with Crippen LogP contribution in [0.5, 0.6) is 0 Å². The Hall–Kier alpha value is -1.88. The lowest BCUT2D eigenvalue weighted by atomic mass is 9.98. The van der Waals surface area contributed by atoms with Crippen molar-refractivity contribution in [3.8, 4) is 0 Å². The number of rotatable bonds is 7. The van der Waals surface area contributed by atoms with Gasteiger partial charge in [-0.1, -0.05) is 50.6 Å². The zero-order valence-electron chi connectivity index (χ0n) is 13.9. The highest BCUT2D eigenvalue weighted by Gasteiger charge is 2.35. The van der Waals surface area contributed by atoms with E-state index in [0.29, 0.717) is 13.1 Å². The van der Waals surface area contributed by atoms with Crippen molar-refractivity contribution >= 4 is 11.8 Å². The van der Waals surface area contributed by atoms with E-state index in [0.717, 1.165) is 12.0 Å². The van der Waals surface area contributed by atoms with Gasteiger partial charge >= 0.3 is 0 Å². The first-order chi connectivity index (χ1) is 11.0. The largest absolute Gasteiger partial charge is 0.394 e. The number of aliphatic hydroxyl groups excluding tert-OH is 1. The van der Waals surface area contributed by atoms with Crippen molar-refractivity contribution < 1.29 is 14.7 Å². The zero-order chi connectivity index (χ0) is 16.8. The molecule has 0 spiro atoms. The van der Waals surface area contributed by atoms with Crippen LogP contribution in [-0.4, -0.2) is 41.0 Å². The van der Waals surface area contributed by atoms with Crippen LogP contribution in [0.25, 0.3) is 0 Å². The SMILES string of the molecule is CC[C@H](C)[C@H](CO)NC(=O)[C@@H]1CC(=O)N(Cc2ccccc2)C1. The van der Waals surface area contributed by atoms with Crippen LogP contribution in [0.15, 0.2) is 30.3 Å². The molecule has 0 bridgehead atoms. The van der Waals surface area contributed by atoms with Gasteiger partial charge in [-0.2, -0.15) is 0 Å². The molecule has 3 atom stereocenters. The lowest BCUT2D eigenvalue weighted by Crippen LogP contribution is -2.45. The lowest BCUT2D eigenvalue weighted by Gasteiger charge is -2.24. The maximum absolute atomic E-state index is 12.4. The third-order valence-corrected chi connectivity index (χ3v) is 4.66. The zero-order valence-corrected chi connectivity index (χ0v) is 13.9. The number of likely N-dealkylation sites (tertiary alicyclic amines) is 1. The Balaban J connectivity index is 1.92. The molecule has 2 N–H and O–H groups in total. The fraction of sp³-hybridized carbons (Fsp3) is 0.556. The van der Waals surface area contributed by atoms with Crippen molar-refractivity contribution in [2.24, 2.45) is 11.8 Å². The van der Waals surface area contributed by atoms with Gasteiger partial charge in [0.2, 0.25) is 11.8 Å². The topological polar surface area (TPSA) is 69.6 Å². The number of hydrogen-bond acceptors (Lipinski definition) is 3. The molecule has 1 fully saturated rings. The van der Waals surface area contributed by atoms with Gasteiger partial charge in [-0.3, -0.25) is 9.59 Å². The molecule has 1 aliphatic heterocycles. The number of aliphatic hydroxyl groups is 1. The van der Waals surface area contributed by atoms with Gasteiger partial charge in [0.05, 0.1) is 18.6 Å². The van der Waals surface area contributed by atoms with Crippen LogP contribution in [0.3, 0.4) is 0 Å². The van der Waals surface area contributed by atoms with E-state index in [2.05, 4.69) is 5.32 Å². The predicted octanol–water partition coefficient (Wildman–Crippen LogP) is 1.56. The minimum absolute atomic E-state index is 0.0121. The molecule has 23 heavy (non-hydrogen) atoms. The number of benzene rings is 1. The smallest absolute Gasteiger partial charge is 0.225 e. The number of amides is 2. The summed E-state index contributed by atoms with van der Waals surface area (Å²) >= 11 is 0. The molecule has 0 saturated carbocycles. The second kappa shape index (κ2) is 8.11. The van der Waals surface area contributed by atoms with Gasteiger partial charge in [-0.05, 0) is 11.5 Å². The molecular weight excluding hydrogens is 292 g/mol. The van der Waals surface area contributed by atoms with Crippen LogP contribution >= 0.6 is 0 Å². The quantitative estimate of drug-likeness (QED) is 0.801. The van der Waals surface area contributed by atoms with Gasteiger partial charge < -0.3 is 15.3 Å². The summed E-state index contributed by atoms with van der Waals surface area (Å²) < 4.78 is 0. The lowest BCUT2D eigenvalue weighted by molar-refractivity contribution is -0.129. The molecule has 2 amide bonds. The van der Waals surface area contributed by atoms with Crippen molar-refractivity contribution in [2.75, 3.05) is 13.2 Å². The maximum atomic E-state index is 12.4. The molecule has 5 nitrogen and oxygen atoms in total. The standard InChI is InChI=1S/C18H26N2O3/c1-3-13(2)16(12-21)19-18(23)15-9-17(22)20(11-15)10-14-7-5-4-6-8-14/h4-8,13,15-16,21H,3,9-12H2,1-2H3,(H,19,23)/t13-,15+,16-/m0/s1. The minimum Gasteiger partial charge on any atom is -0.394 e. The first-order valence-corrected chi connectivity index (χ1v) is 8.28. The highest BCUT2D eigenvalue weighted by Crippen LogP contribution is 2.21. The summed E-state index contributed by atoms with van der Waals surface area (Å²) in [5, 5.41) is 12.3. The molecule has 1 aliphatic rings. The molecule has 0 aromatic heterocycles. The number of hydrogen-bond donors (Lipinski definition) is 2. The molecule has 126 valence electrons. The normalized spacial score (nSPS) is 20.4. The van der Waals surface area contributed by atoms with Crippen LogP contribution in [0, 0.1) is 11.8 Å². The van der Waals surface area contributed by atoms with Gasteiger partial charge in [-0.15, -0.1) is 0 Å². The molecule has 0 unspecified atom stereocenters. The van der Waals surface area contributed by atoms with Crippen LogP contribution in [0.2, 0.25) is 0 Å². The van der Waals surface area contributed by atoms with E-state index in [9.17, 15) is 14.7 Å². The van der Waals surface area contributed by atoms with Crippen molar-refractivity contribution in [3.63, 3.8) is 0 Å². The molecule has 2 rings (SSSR count). The maximum Gasteiger partial charge on any atom is 0.225 e. The van der Waals surface area contributed by atoms with E-state index >= 15 is 0 Å². The van der Waals surface area contributed by atoms with Crippen molar-refractivity contribution in [1.82, 2.24) is 10.2 Å². The molecule has 0 aliphatic carbocycles. The van der Waals surface area contributed by atoms with E-state index < -0.39 is 0 Å². The Labute approximate surface area is 137 Å². The van der Waals surface area contributed by atoms with Crippen LogP contribution in [0.4, 0.5) is 0 Å². The Morgan fingerprint density at radius 3 is 2.70 bits per heavy atom. The summed E-state index contributed by atoms with van der Waals surface area (Å²) in [4.78, 5) is 26.2. The first-order valence-electron chi connectivity index (χ1n) is 8.28. The highest BCUT2D eigenvalue weighted by atomic mass is 16.3. The number of nitrogens with one attached hydrogen (secondary N) is 1. The molecule has 1 heterocycles. The predicted molar refractivity (Wildman–Crippen MR) is 88.4 cm³/mol. The average Bonchev–Trinajstić information content (AvgIpc) is 2.93. The van der Waals surface area contributed by atoms with Crippen molar-refractivity contribution in [1.29, 1.82) is 0 Å². The summed E-state index contributed by atoms with van der Waals surface area (Å²) in [6.45, 7) is 4.94. The summed E-state index contributed by atoms with van der Waals surface area (Å²) in [5.74, 6) is -0.239. The molecule has 0 radical (unpaired) electrons. The summed E-state index contributed by atoms with van der Waals surface area (Å²) in [6, 6.07) is 9.54. The molecule has 1 aromatic carbocycles. The average molecular weight is 318 g/mol. The fourth-order valence-electron chi connectivity index (χ4n) is 2.86. The summed E-state index contributed by atoms with van der Waals surface area (Å²) in [6.07, 6.45) is 1.13. The van der Waals surface area contributed by atoms with E-state index in [1.165, 1.54) is 0 Å². The Morgan fingerprint density at radius 2 is 2.09 bits per heavy atom. The van der Waals surface area contributed by atoms with Gasteiger partial charge in [0.15, 0.2) is 0 Å². The number of carbonyl (C=O) groups excluding carboxylic acids is 2. The van der Waals surface area contributed by atoms with E-state index in [4.69, 9.17) is 0 Å². The van der Waals surface area contributed by atoms with Gasteiger partial charge in [0.1, 0.15) is 0 Å². The molecule has 1 saturated heterocycles. The second-order valence-corrected chi connectivity index (χ2v) is 6.34. The molecule has 5 heteroatoms. The summed E-state index contributed by atoms with van der Waals surface area (Å²) in [5.41, 5.74) is 1.06. The number of carbonyl (C=O) groups is 2. The Bertz CT molecular complexity index is 532. The van der Waals surface area contributed by atoms with Crippen molar-refractivity contribution in [3.05, 3.63) is 35.9 Å². The van der Waals surface area contributed by atoms with E-state index in [-0.39, 0.29) is 42.7 Å². The fourth-order valence-corrected chi connectivity index (χ4v) is 2.86. The van der Waals surface area contributed by atoms with Gasteiger partial charge in [0.25, 0.3) is 0 Å². The van der Waals surface area contributed by atoms with Crippen LogP contribution in [-0.2, 0) is 16.1 Å². The second-order valence-electron chi connectivity index (χ2n) is 6.34. The third kappa shape index (κ3) is 4.55. The highest BCUT2D eigenvalue weighted by molar-refractivity contribution is 5.89. The van der Waals surface area contributed by atoms with Gasteiger partial charge in [-0.25, -0.2) is 0 Å². The van der Waals surface area contributed by atoms with Crippen LogP contribution in [0.1, 0.15) is 32.3 Å². The van der Waals surface area contributed by atoms with Crippen LogP contribution < -0.4 is 5.32 Å². The Kier molecular flexibility index (Phi) is 6.16. The number of nitrogens with zero attached hydrogens (tertiary/aromatic N) is 1. The monoisotopic (exact) mass is 318 g/mol. The van der Waals surface area contributed by atoms with Gasteiger partial charge in [0, 0.05) is 19.5 Å².